The number of anilines is 1. The summed E-state index contributed by atoms with van der Waals surface area (Å²) in [4.78, 5) is 35.7. The first-order chi connectivity index (χ1) is 12.1. The Morgan fingerprint density at radius 2 is 1.81 bits per heavy atom. The number of carbonyl (C=O) groups excluding carboxylic acids is 3. The molecule has 0 fully saturated rings. The van der Waals surface area contributed by atoms with Gasteiger partial charge in [0.1, 0.15) is 23.1 Å². The van der Waals surface area contributed by atoms with Gasteiger partial charge in [-0.15, -0.1) is 0 Å². The van der Waals surface area contributed by atoms with Gasteiger partial charge in [-0.05, 0) is 32.9 Å². The number of nitrogens with two attached hydrogens (primary N) is 1. The predicted octanol–water partition coefficient (Wildman–Crippen LogP) is 1.41. The smallest absolute Gasteiger partial charge is 0.408 e. The average molecular weight is 367 g/mol. The normalized spacial score (nSPS) is 11.9. The lowest BCUT2D eigenvalue weighted by Crippen LogP contribution is -2.47. The van der Waals surface area contributed by atoms with E-state index in [1.54, 1.807) is 39.0 Å². The van der Waals surface area contributed by atoms with Crippen LogP contribution in [0.3, 0.4) is 0 Å². The van der Waals surface area contributed by atoms with Crippen LogP contribution < -0.4 is 25.8 Å². The molecule has 0 aliphatic rings. The summed E-state index contributed by atoms with van der Waals surface area (Å²) in [5, 5.41) is 4.93. The topological polar surface area (TPSA) is 129 Å². The second-order valence-corrected chi connectivity index (χ2v) is 6.42. The number of nitrogens with one attached hydrogen (secondary N) is 2. The molecule has 0 saturated carbocycles. The van der Waals surface area contributed by atoms with E-state index in [1.165, 1.54) is 14.2 Å². The van der Waals surface area contributed by atoms with Crippen LogP contribution >= 0.6 is 0 Å². The maximum Gasteiger partial charge on any atom is 0.408 e. The summed E-state index contributed by atoms with van der Waals surface area (Å²) in [5.41, 5.74) is 4.73. The summed E-state index contributed by atoms with van der Waals surface area (Å²) in [6.45, 7) is 5.03. The Morgan fingerprint density at radius 1 is 1.15 bits per heavy atom. The van der Waals surface area contributed by atoms with Crippen molar-refractivity contribution in [2.24, 2.45) is 5.73 Å². The Labute approximate surface area is 152 Å². The molecule has 26 heavy (non-hydrogen) atoms. The van der Waals surface area contributed by atoms with Crippen molar-refractivity contribution in [1.29, 1.82) is 0 Å². The minimum Gasteiger partial charge on any atom is -0.497 e. The molecule has 4 N–H and O–H groups in total. The maximum atomic E-state index is 12.5. The highest BCUT2D eigenvalue weighted by Crippen LogP contribution is 2.29. The zero-order chi connectivity index (χ0) is 19.9. The fourth-order valence-corrected chi connectivity index (χ4v) is 1.99. The fraction of sp³-hybridized carbons (Fsp3) is 0.471. The van der Waals surface area contributed by atoms with E-state index < -0.39 is 36.0 Å². The van der Waals surface area contributed by atoms with E-state index in [-0.39, 0.29) is 0 Å². The summed E-state index contributed by atoms with van der Waals surface area (Å²) in [7, 11) is 2.92. The van der Waals surface area contributed by atoms with Crippen molar-refractivity contribution in [1.82, 2.24) is 5.32 Å². The second-order valence-electron chi connectivity index (χ2n) is 6.42. The van der Waals surface area contributed by atoms with E-state index in [0.717, 1.165) is 0 Å². The number of hydrogen-bond donors (Lipinski definition) is 3. The number of rotatable bonds is 7. The van der Waals surface area contributed by atoms with E-state index >= 15 is 0 Å². The van der Waals surface area contributed by atoms with Crippen LogP contribution in [-0.2, 0) is 14.3 Å². The number of primary amides is 1. The van der Waals surface area contributed by atoms with Gasteiger partial charge in [0.2, 0.25) is 11.8 Å². The molecule has 1 atom stereocenters. The van der Waals surface area contributed by atoms with Crippen molar-refractivity contribution < 1.29 is 28.6 Å². The van der Waals surface area contributed by atoms with Crippen LogP contribution in [0.2, 0.25) is 0 Å². The third-order valence-corrected chi connectivity index (χ3v) is 3.08. The molecule has 9 nitrogen and oxygen atoms in total. The van der Waals surface area contributed by atoms with E-state index in [4.69, 9.17) is 19.9 Å². The third-order valence-electron chi connectivity index (χ3n) is 3.08. The van der Waals surface area contributed by atoms with Crippen LogP contribution in [0.15, 0.2) is 18.2 Å². The van der Waals surface area contributed by atoms with Crippen LogP contribution in [0.1, 0.15) is 27.2 Å². The predicted molar refractivity (Wildman–Crippen MR) is 95.1 cm³/mol. The Morgan fingerprint density at radius 3 is 2.31 bits per heavy atom. The molecule has 0 unspecified atom stereocenters. The van der Waals surface area contributed by atoms with E-state index in [2.05, 4.69) is 10.6 Å². The van der Waals surface area contributed by atoms with Crippen molar-refractivity contribution in [2.75, 3.05) is 19.5 Å². The Kier molecular flexibility index (Phi) is 7.24. The second kappa shape index (κ2) is 8.93. The lowest BCUT2D eigenvalue weighted by atomic mass is 10.1. The zero-order valence-corrected chi connectivity index (χ0v) is 15.5. The Bertz CT molecular complexity index is 669. The number of amides is 3. The van der Waals surface area contributed by atoms with Gasteiger partial charge < -0.3 is 30.6 Å². The molecule has 0 aliphatic heterocycles. The maximum absolute atomic E-state index is 12.5. The minimum absolute atomic E-state index is 0.317. The molecule has 0 radical (unpaired) electrons. The molecule has 9 heteroatoms. The number of ether oxygens (including phenoxy) is 3. The van der Waals surface area contributed by atoms with Crippen molar-refractivity contribution in [2.45, 2.75) is 38.8 Å². The van der Waals surface area contributed by atoms with Gasteiger partial charge >= 0.3 is 6.09 Å². The molecule has 0 heterocycles. The van der Waals surface area contributed by atoms with E-state index in [0.29, 0.717) is 17.2 Å². The molecule has 144 valence electrons. The molecular weight excluding hydrogens is 342 g/mol. The molecule has 0 saturated heterocycles. The van der Waals surface area contributed by atoms with Gasteiger partial charge in [-0.2, -0.15) is 0 Å². The molecule has 0 aromatic heterocycles. The highest BCUT2D eigenvalue weighted by molar-refractivity contribution is 6.00. The lowest BCUT2D eigenvalue weighted by molar-refractivity contribution is -0.124. The zero-order valence-electron chi connectivity index (χ0n) is 15.5. The molecule has 1 aromatic rings. The lowest BCUT2D eigenvalue weighted by Gasteiger charge is -2.23. The van der Waals surface area contributed by atoms with Crippen molar-refractivity contribution in [3.05, 3.63) is 18.2 Å². The standard InChI is InChI=1S/C17H25N3O6/c1-17(2,3)26-16(23)20-12(9-14(18)21)15(22)19-11-8-10(24-4)6-7-13(11)25-5/h6-8,12H,9H2,1-5H3,(H2,18,21)(H,19,22)(H,20,23)/t12-/m0/s1. The van der Waals surface area contributed by atoms with Gasteiger partial charge in [-0.3, -0.25) is 9.59 Å². The Hall–Kier alpha value is -2.97. The van der Waals surface area contributed by atoms with Crippen LogP contribution in [0, 0.1) is 0 Å². The highest BCUT2D eigenvalue weighted by atomic mass is 16.6. The van der Waals surface area contributed by atoms with Crippen molar-refractivity contribution in [3.8, 4) is 11.5 Å². The summed E-state index contributed by atoms with van der Waals surface area (Å²) >= 11 is 0. The van der Waals surface area contributed by atoms with Gasteiger partial charge in [-0.1, -0.05) is 0 Å². The summed E-state index contributed by atoms with van der Waals surface area (Å²) in [6, 6.07) is 3.61. The first kappa shape index (κ1) is 21.1. The first-order valence-electron chi connectivity index (χ1n) is 7.86. The quantitative estimate of drug-likeness (QED) is 0.668. The minimum atomic E-state index is -1.21. The van der Waals surface area contributed by atoms with Gasteiger partial charge in [0.05, 0.1) is 26.3 Å². The number of carbonyl (C=O) groups is 3. The largest absolute Gasteiger partial charge is 0.497 e. The van der Waals surface area contributed by atoms with E-state index in [1.807, 2.05) is 0 Å². The number of hydrogen-bond acceptors (Lipinski definition) is 6. The molecular formula is C17H25N3O6. The SMILES string of the molecule is COc1ccc(OC)c(NC(=O)[C@H](CC(N)=O)NC(=O)OC(C)(C)C)c1. The summed E-state index contributed by atoms with van der Waals surface area (Å²) < 4.78 is 15.4. The third kappa shape index (κ3) is 6.88. The highest BCUT2D eigenvalue weighted by Gasteiger charge is 2.26. The van der Waals surface area contributed by atoms with Gasteiger partial charge in [-0.25, -0.2) is 4.79 Å². The van der Waals surface area contributed by atoms with Crippen LogP contribution in [0.4, 0.5) is 10.5 Å². The number of alkyl carbamates (subject to hydrolysis) is 1. The number of benzene rings is 1. The summed E-state index contributed by atoms with van der Waals surface area (Å²) in [5.74, 6) is -0.526. The molecule has 0 spiro atoms. The summed E-state index contributed by atoms with van der Waals surface area (Å²) in [6.07, 6.45) is -1.23. The fourth-order valence-electron chi connectivity index (χ4n) is 1.99. The van der Waals surface area contributed by atoms with E-state index in [9.17, 15) is 14.4 Å². The van der Waals surface area contributed by atoms with Gasteiger partial charge in [0.15, 0.2) is 0 Å². The average Bonchev–Trinajstić information content (AvgIpc) is 2.51. The Balaban J connectivity index is 2.96. The number of methoxy groups -OCH3 is 2. The van der Waals surface area contributed by atoms with Crippen LogP contribution in [0.5, 0.6) is 11.5 Å². The van der Waals surface area contributed by atoms with Gasteiger partial charge in [0, 0.05) is 6.07 Å². The van der Waals surface area contributed by atoms with Gasteiger partial charge in [0.25, 0.3) is 0 Å². The monoisotopic (exact) mass is 367 g/mol. The van der Waals surface area contributed by atoms with Crippen LogP contribution in [-0.4, -0.2) is 43.8 Å². The van der Waals surface area contributed by atoms with Crippen LogP contribution in [0.25, 0.3) is 0 Å². The molecule has 3 amide bonds. The van der Waals surface area contributed by atoms with Crippen molar-refractivity contribution >= 4 is 23.6 Å². The molecule has 0 aliphatic carbocycles. The molecule has 1 aromatic carbocycles. The first-order valence-corrected chi connectivity index (χ1v) is 7.86. The molecule has 1 rings (SSSR count). The molecule has 0 bridgehead atoms. The van der Waals surface area contributed by atoms with Crippen molar-refractivity contribution in [3.63, 3.8) is 0 Å².